The highest BCUT2D eigenvalue weighted by Gasteiger charge is 2.08. The molecule has 6 heteroatoms. The predicted molar refractivity (Wildman–Crippen MR) is 106 cm³/mol. The smallest absolute Gasteiger partial charge is 0.159 e. The summed E-state index contributed by atoms with van der Waals surface area (Å²) in [5, 5.41) is 4.75. The molecule has 0 aliphatic heterocycles. The van der Waals surface area contributed by atoms with Crippen LogP contribution in [0.1, 0.15) is 28.2 Å². The molecule has 0 radical (unpaired) electrons. The first-order chi connectivity index (χ1) is 13.0. The number of rotatable bonds is 8. The second kappa shape index (κ2) is 8.73. The fourth-order valence-corrected chi connectivity index (χ4v) is 3.00. The van der Waals surface area contributed by atoms with Gasteiger partial charge in [0.05, 0.1) is 16.9 Å². The molecule has 138 valence electrons. The molecular weight excluding hydrogens is 360 g/mol. The molecule has 3 aromatic rings. The molecular formula is C21H21ClN4O. The Bertz CT molecular complexity index is 947. The van der Waals surface area contributed by atoms with E-state index in [9.17, 15) is 4.79 Å². The van der Waals surface area contributed by atoms with Crippen molar-refractivity contribution in [3.8, 4) is 0 Å². The molecule has 0 saturated heterocycles. The summed E-state index contributed by atoms with van der Waals surface area (Å²) in [6.45, 7) is 3.50. The summed E-state index contributed by atoms with van der Waals surface area (Å²) in [5.41, 5.74) is 4.07. The van der Waals surface area contributed by atoms with Gasteiger partial charge in [-0.15, -0.1) is 0 Å². The summed E-state index contributed by atoms with van der Waals surface area (Å²) in [5.74, 6) is 0.761. The molecule has 0 fully saturated rings. The zero-order valence-electron chi connectivity index (χ0n) is 15.2. The summed E-state index contributed by atoms with van der Waals surface area (Å²) >= 11 is 6.28. The van der Waals surface area contributed by atoms with Gasteiger partial charge in [-0.05, 0) is 35.6 Å². The van der Waals surface area contributed by atoms with Gasteiger partial charge >= 0.3 is 0 Å². The lowest BCUT2D eigenvalue weighted by molar-refractivity contribution is -0.114. The van der Waals surface area contributed by atoms with Crippen LogP contribution in [0.2, 0.25) is 5.02 Å². The van der Waals surface area contributed by atoms with Crippen molar-refractivity contribution in [2.24, 2.45) is 7.05 Å². The molecule has 1 aromatic carbocycles. The van der Waals surface area contributed by atoms with Gasteiger partial charge in [-0.2, -0.15) is 5.10 Å². The first-order valence-electron chi connectivity index (χ1n) is 8.74. The van der Waals surface area contributed by atoms with Gasteiger partial charge in [-0.25, -0.2) is 9.97 Å². The van der Waals surface area contributed by atoms with Gasteiger partial charge in [0.25, 0.3) is 0 Å². The molecule has 0 spiro atoms. The molecule has 5 nitrogen and oxygen atoms in total. The Hall–Kier alpha value is -2.79. The van der Waals surface area contributed by atoms with Gasteiger partial charge in [-0.1, -0.05) is 42.4 Å². The largest absolute Gasteiger partial charge is 0.295 e. The zero-order chi connectivity index (χ0) is 19.2. The topological polar surface area (TPSA) is 60.7 Å². The molecule has 0 unspecified atom stereocenters. The molecule has 0 aliphatic carbocycles. The van der Waals surface area contributed by atoms with Gasteiger partial charge in [-0.3, -0.25) is 9.48 Å². The van der Waals surface area contributed by atoms with Crippen molar-refractivity contribution in [3.05, 3.63) is 88.7 Å². The highest BCUT2D eigenvalue weighted by Crippen LogP contribution is 2.17. The lowest BCUT2D eigenvalue weighted by atomic mass is 10.0. The summed E-state index contributed by atoms with van der Waals surface area (Å²) in [6, 6.07) is 8.03. The van der Waals surface area contributed by atoms with Crippen LogP contribution in [0.5, 0.6) is 0 Å². The number of allylic oxidation sites excluding steroid dienone is 1. The average molecular weight is 381 g/mol. The third-order valence-corrected chi connectivity index (χ3v) is 4.58. The molecule has 27 heavy (non-hydrogen) atoms. The summed E-state index contributed by atoms with van der Waals surface area (Å²) < 4.78 is 1.76. The maximum absolute atomic E-state index is 11.4. The maximum atomic E-state index is 11.4. The number of aryl methyl sites for hydroxylation is 3. The Morgan fingerprint density at radius 3 is 2.56 bits per heavy atom. The molecule has 2 aromatic heterocycles. The Morgan fingerprint density at radius 1 is 1.15 bits per heavy atom. The van der Waals surface area contributed by atoms with Crippen molar-refractivity contribution >= 4 is 17.4 Å². The minimum absolute atomic E-state index is 0.0247. The van der Waals surface area contributed by atoms with Crippen LogP contribution in [-0.2, 0) is 37.5 Å². The maximum Gasteiger partial charge on any atom is 0.159 e. The number of nitrogens with zero attached hydrogens (tertiary/aromatic N) is 4. The van der Waals surface area contributed by atoms with Crippen LogP contribution in [0.4, 0.5) is 0 Å². The van der Waals surface area contributed by atoms with E-state index < -0.39 is 0 Å². The summed E-state index contributed by atoms with van der Waals surface area (Å²) in [4.78, 5) is 20.4. The zero-order valence-corrected chi connectivity index (χ0v) is 16.0. The van der Waals surface area contributed by atoms with Crippen molar-refractivity contribution in [1.82, 2.24) is 19.7 Å². The van der Waals surface area contributed by atoms with Gasteiger partial charge < -0.3 is 0 Å². The lowest BCUT2D eigenvalue weighted by Crippen LogP contribution is -2.03. The number of benzene rings is 1. The van der Waals surface area contributed by atoms with Gasteiger partial charge in [0.15, 0.2) is 5.78 Å². The second-order valence-corrected chi connectivity index (χ2v) is 6.85. The predicted octanol–water partition coefficient (Wildman–Crippen LogP) is 3.54. The number of halogens is 1. The molecule has 2 heterocycles. The van der Waals surface area contributed by atoms with E-state index in [1.165, 1.54) is 11.6 Å². The standard InChI is InChI=1S/C21H21ClN4O/c1-3-18(27)10-16-6-4-15(5-7-16)8-9-20-19(22)13-23-21(25-20)11-17-12-24-26(2)14-17/h3-7,12-14H,1,8-11H2,2H3. The molecule has 0 atom stereocenters. The first-order valence-corrected chi connectivity index (χ1v) is 9.12. The highest BCUT2D eigenvalue weighted by atomic mass is 35.5. The average Bonchev–Trinajstić information content (AvgIpc) is 3.08. The molecule has 0 amide bonds. The van der Waals surface area contributed by atoms with E-state index in [1.807, 2.05) is 43.7 Å². The Labute approximate surface area is 163 Å². The number of ketones is 1. The van der Waals surface area contributed by atoms with Gasteiger partial charge in [0.2, 0.25) is 0 Å². The van der Waals surface area contributed by atoms with Crippen LogP contribution >= 0.6 is 11.6 Å². The number of aromatic nitrogens is 4. The third kappa shape index (κ3) is 5.34. The van der Waals surface area contributed by atoms with Crippen molar-refractivity contribution in [3.63, 3.8) is 0 Å². The van der Waals surface area contributed by atoms with Crippen LogP contribution < -0.4 is 0 Å². The van der Waals surface area contributed by atoms with Crippen LogP contribution in [0.3, 0.4) is 0 Å². The van der Waals surface area contributed by atoms with E-state index in [1.54, 1.807) is 10.9 Å². The number of hydrogen-bond donors (Lipinski definition) is 0. The van der Waals surface area contributed by atoms with Crippen LogP contribution in [-0.4, -0.2) is 25.5 Å². The van der Waals surface area contributed by atoms with Crippen LogP contribution in [0.25, 0.3) is 0 Å². The van der Waals surface area contributed by atoms with E-state index in [0.29, 0.717) is 17.9 Å². The molecule has 3 rings (SSSR count). The van der Waals surface area contributed by atoms with E-state index in [0.717, 1.165) is 35.5 Å². The lowest BCUT2D eigenvalue weighted by Gasteiger charge is -2.07. The van der Waals surface area contributed by atoms with Crippen LogP contribution in [0, 0.1) is 0 Å². The monoisotopic (exact) mass is 380 g/mol. The Kier molecular flexibility index (Phi) is 6.14. The fourth-order valence-electron chi connectivity index (χ4n) is 2.81. The summed E-state index contributed by atoms with van der Waals surface area (Å²) in [7, 11) is 1.89. The number of carbonyl (C=O) groups is 1. The van der Waals surface area contributed by atoms with E-state index in [4.69, 9.17) is 11.6 Å². The third-order valence-electron chi connectivity index (χ3n) is 4.27. The van der Waals surface area contributed by atoms with Crippen LogP contribution in [0.15, 0.2) is 55.5 Å². The van der Waals surface area contributed by atoms with Crippen molar-refractivity contribution in [2.45, 2.75) is 25.7 Å². The normalized spacial score (nSPS) is 10.7. The summed E-state index contributed by atoms with van der Waals surface area (Å²) in [6.07, 6.45) is 9.36. The Morgan fingerprint density at radius 2 is 1.89 bits per heavy atom. The van der Waals surface area contributed by atoms with E-state index >= 15 is 0 Å². The fraction of sp³-hybridized carbons (Fsp3) is 0.238. The van der Waals surface area contributed by atoms with Crippen molar-refractivity contribution in [1.29, 1.82) is 0 Å². The SMILES string of the molecule is C=CC(=O)Cc1ccc(CCc2nc(Cc3cnn(C)c3)ncc2Cl)cc1. The minimum atomic E-state index is 0.0247. The van der Waals surface area contributed by atoms with Crippen molar-refractivity contribution in [2.75, 3.05) is 0 Å². The first kappa shape index (κ1) is 19.0. The highest BCUT2D eigenvalue weighted by molar-refractivity contribution is 6.31. The number of carbonyl (C=O) groups excluding carboxylic acids is 1. The molecule has 0 N–H and O–H groups in total. The number of hydrogen-bond acceptors (Lipinski definition) is 4. The molecule has 0 saturated carbocycles. The van der Waals surface area contributed by atoms with E-state index in [2.05, 4.69) is 21.6 Å². The van der Waals surface area contributed by atoms with E-state index in [-0.39, 0.29) is 5.78 Å². The molecule has 0 bridgehead atoms. The second-order valence-electron chi connectivity index (χ2n) is 6.44. The minimum Gasteiger partial charge on any atom is -0.295 e. The Balaban J connectivity index is 1.64. The van der Waals surface area contributed by atoms with Crippen molar-refractivity contribution < 1.29 is 4.79 Å². The quantitative estimate of drug-likeness (QED) is 0.561. The molecule has 0 aliphatic rings. The van der Waals surface area contributed by atoms with Gasteiger partial charge in [0, 0.05) is 32.3 Å². The van der Waals surface area contributed by atoms with Gasteiger partial charge in [0.1, 0.15) is 5.82 Å².